The Morgan fingerprint density at radius 2 is 2.00 bits per heavy atom. The van der Waals surface area contributed by atoms with Crippen molar-refractivity contribution in [2.24, 2.45) is 0 Å². The zero-order valence-electron chi connectivity index (χ0n) is 8.81. The van der Waals surface area contributed by atoms with Gasteiger partial charge in [0.25, 0.3) is 0 Å². The molecule has 5 nitrogen and oxygen atoms in total. The van der Waals surface area contributed by atoms with E-state index in [1.807, 2.05) is 0 Å². The number of phenolic OH excluding ortho intramolecular Hbond substituents is 2. The van der Waals surface area contributed by atoms with Crippen LogP contribution >= 0.6 is 0 Å². The summed E-state index contributed by atoms with van der Waals surface area (Å²) >= 11 is 0. The van der Waals surface area contributed by atoms with Crippen molar-refractivity contribution in [1.82, 2.24) is 5.32 Å². The third-order valence-electron chi connectivity index (χ3n) is 2.11. The lowest BCUT2D eigenvalue weighted by Crippen LogP contribution is -2.15. The molecule has 5 heteroatoms. The van der Waals surface area contributed by atoms with Crippen molar-refractivity contribution in [2.75, 3.05) is 6.54 Å². The van der Waals surface area contributed by atoms with Gasteiger partial charge in [-0.25, -0.2) is 0 Å². The fraction of sp³-hybridized carbons (Fsp3) is 0.364. The van der Waals surface area contributed by atoms with Gasteiger partial charge in [-0.05, 0) is 30.7 Å². The summed E-state index contributed by atoms with van der Waals surface area (Å²) in [4.78, 5) is 10.2. The molecule has 0 aliphatic carbocycles. The van der Waals surface area contributed by atoms with E-state index in [-0.39, 0.29) is 17.9 Å². The average Bonchev–Trinajstić information content (AvgIpc) is 2.22. The lowest BCUT2D eigenvalue weighted by atomic mass is 10.2. The fourth-order valence-corrected chi connectivity index (χ4v) is 1.28. The number of carbonyl (C=O) groups is 1. The molecule has 0 radical (unpaired) electrons. The number of aliphatic carboxylic acids is 1. The number of carboxylic acids is 1. The van der Waals surface area contributed by atoms with E-state index in [0.29, 0.717) is 19.5 Å². The maximum absolute atomic E-state index is 10.2. The molecule has 0 bridgehead atoms. The van der Waals surface area contributed by atoms with E-state index in [0.717, 1.165) is 5.56 Å². The molecule has 0 saturated heterocycles. The molecule has 0 aromatic heterocycles. The number of hydrogen-bond donors (Lipinski definition) is 4. The van der Waals surface area contributed by atoms with E-state index in [1.165, 1.54) is 12.1 Å². The molecule has 0 aliphatic heterocycles. The minimum atomic E-state index is -0.802. The summed E-state index contributed by atoms with van der Waals surface area (Å²) in [5.41, 5.74) is 0.839. The van der Waals surface area contributed by atoms with Crippen LogP contribution in [-0.2, 0) is 11.3 Å². The van der Waals surface area contributed by atoms with Crippen molar-refractivity contribution in [1.29, 1.82) is 0 Å². The molecule has 0 heterocycles. The minimum Gasteiger partial charge on any atom is -0.504 e. The van der Waals surface area contributed by atoms with Gasteiger partial charge < -0.3 is 20.6 Å². The number of aromatic hydroxyl groups is 2. The molecule has 1 rings (SSSR count). The molecule has 88 valence electrons. The third-order valence-corrected chi connectivity index (χ3v) is 2.11. The first-order valence-corrected chi connectivity index (χ1v) is 5.03. The van der Waals surface area contributed by atoms with E-state index in [1.54, 1.807) is 6.07 Å². The van der Waals surface area contributed by atoms with Crippen molar-refractivity contribution >= 4 is 5.97 Å². The predicted molar refractivity (Wildman–Crippen MR) is 58.3 cm³/mol. The largest absolute Gasteiger partial charge is 0.504 e. The molecular weight excluding hydrogens is 210 g/mol. The zero-order valence-corrected chi connectivity index (χ0v) is 8.81. The van der Waals surface area contributed by atoms with Gasteiger partial charge in [-0.15, -0.1) is 0 Å². The van der Waals surface area contributed by atoms with Crippen LogP contribution in [0, 0.1) is 0 Å². The quantitative estimate of drug-likeness (QED) is 0.429. The average molecular weight is 225 g/mol. The highest BCUT2D eigenvalue weighted by atomic mass is 16.4. The van der Waals surface area contributed by atoms with Crippen LogP contribution in [0.5, 0.6) is 11.5 Å². The SMILES string of the molecule is O=C(O)CCCNCc1ccc(O)c(O)c1. The van der Waals surface area contributed by atoms with Crippen molar-refractivity contribution in [3.05, 3.63) is 23.8 Å². The second-order valence-electron chi connectivity index (χ2n) is 3.50. The Morgan fingerprint density at radius 3 is 2.62 bits per heavy atom. The molecule has 0 aliphatic rings. The molecule has 0 atom stereocenters. The third kappa shape index (κ3) is 4.18. The van der Waals surface area contributed by atoms with E-state index < -0.39 is 5.97 Å². The number of hydrogen-bond acceptors (Lipinski definition) is 4. The first-order valence-electron chi connectivity index (χ1n) is 5.03. The standard InChI is InChI=1S/C11H15NO4/c13-9-4-3-8(6-10(9)14)7-12-5-1-2-11(15)16/h3-4,6,12-14H,1-2,5,7H2,(H,15,16). The summed E-state index contributed by atoms with van der Waals surface area (Å²) < 4.78 is 0. The molecule has 4 N–H and O–H groups in total. The summed E-state index contributed by atoms with van der Waals surface area (Å²) in [7, 11) is 0. The molecular formula is C11H15NO4. The number of nitrogens with one attached hydrogen (secondary N) is 1. The Morgan fingerprint density at radius 1 is 1.25 bits per heavy atom. The number of phenols is 2. The van der Waals surface area contributed by atoms with Crippen LogP contribution in [0.25, 0.3) is 0 Å². The molecule has 0 spiro atoms. The molecule has 0 amide bonds. The van der Waals surface area contributed by atoms with Crippen molar-refractivity contribution in [3.63, 3.8) is 0 Å². The van der Waals surface area contributed by atoms with Crippen LogP contribution in [0.1, 0.15) is 18.4 Å². The van der Waals surface area contributed by atoms with E-state index >= 15 is 0 Å². The topological polar surface area (TPSA) is 89.8 Å². The van der Waals surface area contributed by atoms with Gasteiger partial charge in [-0.1, -0.05) is 6.07 Å². The van der Waals surface area contributed by atoms with Crippen LogP contribution in [0.4, 0.5) is 0 Å². The Bertz CT molecular complexity index is 365. The number of rotatable bonds is 6. The smallest absolute Gasteiger partial charge is 0.303 e. The highest BCUT2D eigenvalue weighted by molar-refractivity contribution is 5.66. The lowest BCUT2D eigenvalue weighted by molar-refractivity contribution is -0.137. The fourth-order valence-electron chi connectivity index (χ4n) is 1.28. The summed E-state index contributed by atoms with van der Waals surface area (Å²) in [5, 5.41) is 29.8. The second kappa shape index (κ2) is 5.97. The first-order chi connectivity index (χ1) is 7.59. The van der Waals surface area contributed by atoms with Gasteiger partial charge in [0, 0.05) is 13.0 Å². The van der Waals surface area contributed by atoms with E-state index in [9.17, 15) is 9.90 Å². The van der Waals surface area contributed by atoms with Crippen LogP contribution in [0.2, 0.25) is 0 Å². The molecule has 0 fully saturated rings. The van der Waals surface area contributed by atoms with E-state index in [4.69, 9.17) is 10.2 Å². The summed E-state index contributed by atoms with van der Waals surface area (Å²) in [6, 6.07) is 4.59. The van der Waals surface area contributed by atoms with Gasteiger partial charge >= 0.3 is 5.97 Å². The molecule has 1 aromatic rings. The lowest BCUT2D eigenvalue weighted by Gasteiger charge is -2.05. The van der Waals surface area contributed by atoms with Gasteiger partial charge in [0.15, 0.2) is 11.5 Å². The predicted octanol–water partition coefficient (Wildman–Crippen LogP) is 1.05. The van der Waals surface area contributed by atoms with Gasteiger partial charge in [0.2, 0.25) is 0 Å². The summed E-state index contributed by atoms with van der Waals surface area (Å²) in [6.07, 6.45) is 0.716. The highest BCUT2D eigenvalue weighted by Crippen LogP contribution is 2.24. The maximum Gasteiger partial charge on any atom is 0.303 e. The Hall–Kier alpha value is -1.75. The highest BCUT2D eigenvalue weighted by Gasteiger charge is 2.00. The van der Waals surface area contributed by atoms with Crippen LogP contribution in [0.3, 0.4) is 0 Å². The van der Waals surface area contributed by atoms with Crippen molar-refractivity contribution in [2.45, 2.75) is 19.4 Å². The Balaban J connectivity index is 2.27. The Labute approximate surface area is 93.4 Å². The van der Waals surface area contributed by atoms with E-state index in [2.05, 4.69) is 5.32 Å². The van der Waals surface area contributed by atoms with Crippen LogP contribution in [0.15, 0.2) is 18.2 Å². The van der Waals surface area contributed by atoms with Gasteiger partial charge in [0.05, 0.1) is 0 Å². The van der Waals surface area contributed by atoms with Crippen LogP contribution < -0.4 is 5.32 Å². The van der Waals surface area contributed by atoms with Gasteiger partial charge in [-0.3, -0.25) is 4.79 Å². The monoisotopic (exact) mass is 225 g/mol. The number of carboxylic acid groups (broad SMARTS) is 1. The molecule has 16 heavy (non-hydrogen) atoms. The zero-order chi connectivity index (χ0) is 12.0. The van der Waals surface area contributed by atoms with Crippen LogP contribution in [-0.4, -0.2) is 27.8 Å². The summed E-state index contributed by atoms with van der Waals surface area (Å²) in [6.45, 7) is 1.14. The maximum atomic E-state index is 10.2. The van der Waals surface area contributed by atoms with Gasteiger partial charge in [-0.2, -0.15) is 0 Å². The summed E-state index contributed by atoms with van der Waals surface area (Å²) in [5.74, 6) is -1.09. The van der Waals surface area contributed by atoms with Crippen molar-refractivity contribution in [3.8, 4) is 11.5 Å². The van der Waals surface area contributed by atoms with Crippen molar-refractivity contribution < 1.29 is 20.1 Å². The normalized spacial score (nSPS) is 10.2. The van der Waals surface area contributed by atoms with Gasteiger partial charge in [0.1, 0.15) is 0 Å². The minimum absolute atomic E-state index is 0.144. The first kappa shape index (κ1) is 12.3. The second-order valence-corrected chi connectivity index (χ2v) is 3.50. The number of benzene rings is 1. The molecule has 1 aromatic carbocycles. The molecule has 0 unspecified atom stereocenters. The Kier molecular flexibility index (Phi) is 4.60. The molecule has 0 saturated carbocycles.